The van der Waals surface area contributed by atoms with Crippen LogP contribution < -0.4 is 5.32 Å². The fourth-order valence-electron chi connectivity index (χ4n) is 3.29. The third kappa shape index (κ3) is 4.70. The van der Waals surface area contributed by atoms with Crippen molar-refractivity contribution >= 4 is 17.2 Å². The lowest BCUT2D eigenvalue weighted by molar-refractivity contribution is -0.137. The van der Waals surface area contributed by atoms with Gasteiger partial charge in [-0.3, -0.25) is 4.79 Å². The van der Waals surface area contributed by atoms with E-state index in [4.69, 9.17) is 0 Å². The number of hydrogen-bond donors (Lipinski definition) is 1. The van der Waals surface area contributed by atoms with Crippen molar-refractivity contribution in [3.8, 4) is 11.3 Å². The second-order valence-corrected chi connectivity index (χ2v) is 8.10. The Morgan fingerprint density at radius 3 is 2.59 bits per heavy atom. The van der Waals surface area contributed by atoms with Gasteiger partial charge in [0.2, 0.25) is 5.91 Å². The molecule has 0 aliphatic heterocycles. The van der Waals surface area contributed by atoms with Crippen molar-refractivity contribution in [1.29, 1.82) is 0 Å². The van der Waals surface area contributed by atoms with E-state index in [2.05, 4.69) is 10.3 Å². The smallest absolute Gasteiger partial charge is 0.348 e. The second kappa shape index (κ2) is 8.02. The number of carbonyl (C=O) groups excluding carboxylic acids is 1. The van der Waals surface area contributed by atoms with Crippen molar-refractivity contribution in [3.63, 3.8) is 0 Å². The summed E-state index contributed by atoms with van der Waals surface area (Å²) >= 11 is 1.57. The van der Waals surface area contributed by atoms with E-state index >= 15 is 0 Å². The Morgan fingerprint density at radius 2 is 1.97 bits per heavy atom. The summed E-state index contributed by atoms with van der Waals surface area (Å²) in [5.41, 5.74) is 3.39. The molecular formula is C21H22F3N3OS. The Kier molecular flexibility index (Phi) is 5.84. The molecule has 1 atom stereocenters. The molecule has 3 aromatic rings. The highest BCUT2D eigenvalue weighted by Gasteiger charge is 2.30. The summed E-state index contributed by atoms with van der Waals surface area (Å²) in [6, 6.07) is 6.47. The number of amides is 1. The molecule has 2 aromatic heterocycles. The number of carbonyl (C=O) groups is 1. The lowest BCUT2D eigenvalue weighted by Gasteiger charge is -2.17. The minimum atomic E-state index is -4.41. The molecule has 1 unspecified atom stereocenters. The molecule has 0 saturated carbocycles. The van der Waals surface area contributed by atoms with E-state index < -0.39 is 17.8 Å². The first kappa shape index (κ1) is 21.1. The number of thiazole rings is 1. The summed E-state index contributed by atoms with van der Waals surface area (Å²) in [5, 5.41) is 5.74. The fourth-order valence-corrected chi connectivity index (χ4v) is 3.90. The lowest BCUT2D eigenvalue weighted by Crippen LogP contribution is -2.30. The predicted molar refractivity (Wildman–Crippen MR) is 108 cm³/mol. The number of aryl methyl sites for hydroxylation is 2. The molecule has 0 bridgehead atoms. The van der Waals surface area contributed by atoms with Gasteiger partial charge in [0.05, 0.1) is 22.3 Å². The molecule has 3 rings (SSSR count). The summed E-state index contributed by atoms with van der Waals surface area (Å²) in [6.45, 7) is 7.55. The topological polar surface area (TPSA) is 46.9 Å². The molecule has 154 valence electrons. The van der Waals surface area contributed by atoms with Crippen molar-refractivity contribution in [2.45, 2.75) is 46.5 Å². The Morgan fingerprint density at radius 1 is 1.24 bits per heavy atom. The standard InChI is InChI=1S/C21H22F3N3OS/c1-12-8-18(19-11-29-15(4)26-19)14(3)27(12)10-20(28)25-13(2)16-6-5-7-17(9-16)21(22,23)24/h5-9,11,13H,10H2,1-4H3,(H,25,28). The van der Waals surface area contributed by atoms with Gasteiger partial charge in [-0.2, -0.15) is 13.2 Å². The molecule has 0 fully saturated rings. The molecule has 1 aromatic carbocycles. The van der Waals surface area contributed by atoms with Crippen LogP contribution in [0.3, 0.4) is 0 Å². The molecule has 0 spiro atoms. The fraction of sp³-hybridized carbons (Fsp3) is 0.333. The van der Waals surface area contributed by atoms with E-state index in [-0.39, 0.29) is 12.5 Å². The van der Waals surface area contributed by atoms with Gasteiger partial charge < -0.3 is 9.88 Å². The number of nitrogens with zero attached hydrogens (tertiary/aromatic N) is 2. The van der Waals surface area contributed by atoms with Crippen molar-refractivity contribution in [2.75, 3.05) is 0 Å². The number of hydrogen-bond acceptors (Lipinski definition) is 3. The Balaban J connectivity index is 1.74. The van der Waals surface area contributed by atoms with Gasteiger partial charge in [0.25, 0.3) is 0 Å². The number of halogens is 3. The van der Waals surface area contributed by atoms with E-state index in [9.17, 15) is 18.0 Å². The van der Waals surface area contributed by atoms with Crippen molar-refractivity contribution in [3.05, 3.63) is 63.2 Å². The maximum Gasteiger partial charge on any atom is 0.416 e. The van der Waals surface area contributed by atoms with Crippen LogP contribution >= 0.6 is 11.3 Å². The zero-order chi connectivity index (χ0) is 21.3. The summed E-state index contributed by atoms with van der Waals surface area (Å²) in [5.74, 6) is -0.266. The molecule has 1 N–H and O–H groups in total. The normalized spacial score (nSPS) is 12.8. The molecule has 0 aliphatic carbocycles. The molecule has 4 nitrogen and oxygen atoms in total. The minimum absolute atomic E-state index is 0.0874. The third-order valence-electron chi connectivity index (χ3n) is 4.86. The molecule has 1 amide bonds. The minimum Gasteiger partial charge on any atom is -0.348 e. The molecule has 2 heterocycles. The summed E-state index contributed by atoms with van der Waals surface area (Å²) in [6.07, 6.45) is -4.41. The Labute approximate surface area is 171 Å². The molecule has 29 heavy (non-hydrogen) atoms. The van der Waals surface area contributed by atoms with Crippen molar-refractivity contribution < 1.29 is 18.0 Å². The van der Waals surface area contributed by atoms with E-state index in [1.807, 2.05) is 36.8 Å². The molecule has 8 heteroatoms. The van der Waals surface area contributed by atoms with Gasteiger partial charge in [0, 0.05) is 22.3 Å². The molecule has 0 aliphatic rings. The van der Waals surface area contributed by atoms with Gasteiger partial charge in [0.1, 0.15) is 6.54 Å². The molecule has 0 saturated heterocycles. The average molecular weight is 421 g/mol. The largest absolute Gasteiger partial charge is 0.416 e. The predicted octanol–water partition coefficient (Wildman–Crippen LogP) is 5.43. The highest BCUT2D eigenvalue weighted by molar-refractivity contribution is 7.09. The molecule has 0 radical (unpaired) electrons. The highest BCUT2D eigenvalue weighted by atomic mass is 32.1. The maximum absolute atomic E-state index is 12.9. The van der Waals surface area contributed by atoms with E-state index in [0.717, 1.165) is 39.8 Å². The van der Waals surface area contributed by atoms with Gasteiger partial charge in [-0.15, -0.1) is 11.3 Å². The van der Waals surface area contributed by atoms with Crippen LogP contribution in [0.15, 0.2) is 35.7 Å². The van der Waals surface area contributed by atoms with Crippen molar-refractivity contribution in [1.82, 2.24) is 14.9 Å². The van der Waals surface area contributed by atoms with Crippen LogP contribution in [-0.4, -0.2) is 15.5 Å². The van der Waals surface area contributed by atoms with E-state index in [0.29, 0.717) is 5.56 Å². The third-order valence-corrected chi connectivity index (χ3v) is 5.64. The quantitative estimate of drug-likeness (QED) is 0.597. The number of alkyl halides is 3. The number of rotatable bonds is 5. The Bertz CT molecular complexity index is 1040. The van der Waals surface area contributed by atoms with Crippen LogP contribution in [0.4, 0.5) is 13.2 Å². The van der Waals surface area contributed by atoms with Gasteiger partial charge in [0.15, 0.2) is 0 Å². The highest BCUT2D eigenvalue weighted by Crippen LogP contribution is 2.31. The first-order valence-electron chi connectivity index (χ1n) is 9.12. The van der Waals surface area contributed by atoms with Crippen LogP contribution in [0.25, 0.3) is 11.3 Å². The first-order chi connectivity index (χ1) is 13.6. The number of benzene rings is 1. The van der Waals surface area contributed by atoms with Crippen LogP contribution in [0, 0.1) is 20.8 Å². The van der Waals surface area contributed by atoms with Crippen LogP contribution in [0.2, 0.25) is 0 Å². The van der Waals surface area contributed by atoms with Gasteiger partial charge in [-0.05, 0) is 51.5 Å². The van der Waals surface area contributed by atoms with E-state index in [1.54, 1.807) is 24.3 Å². The summed E-state index contributed by atoms with van der Waals surface area (Å²) < 4.78 is 40.6. The molecular weight excluding hydrogens is 399 g/mol. The zero-order valence-corrected chi connectivity index (χ0v) is 17.4. The van der Waals surface area contributed by atoms with Crippen molar-refractivity contribution in [2.24, 2.45) is 0 Å². The van der Waals surface area contributed by atoms with Gasteiger partial charge in [-0.25, -0.2) is 4.98 Å². The van der Waals surface area contributed by atoms with E-state index in [1.165, 1.54) is 6.07 Å². The zero-order valence-electron chi connectivity index (χ0n) is 16.6. The Hall–Kier alpha value is -2.61. The number of nitrogens with one attached hydrogen (secondary N) is 1. The van der Waals surface area contributed by atoms with Crippen LogP contribution in [0.1, 0.15) is 40.5 Å². The van der Waals surface area contributed by atoms with Gasteiger partial charge >= 0.3 is 6.18 Å². The SMILES string of the molecule is Cc1nc(-c2cc(C)n(CC(=O)NC(C)c3cccc(C(F)(F)F)c3)c2C)cs1. The van der Waals surface area contributed by atoms with Gasteiger partial charge in [-0.1, -0.05) is 12.1 Å². The second-order valence-electron chi connectivity index (χ2n) is 7.04. The number of aromatic nitrogens is 2. The van der Waals surface area contributed by atoms with Crippen LogP contribution in [-0.2, 0) is 17.5 Å². The average Bonchev–Trinajstić information content (AvgIpc) is 3.19. The monoisotopic (exact) mass is 421 g/mol. The maximum atomic E-state index is 12.9. The first-order valence-corrected chi connectivity index (χ1v) is 10.00. The lowest BCUT2D eigenvalue weighted by atomic mass is 10.0. The summed E-state index contributed by atoms with van der Waals surface area (Å²) in [7, 11) is 0. The summed E-state index contributed by atoms with van der Waals surface area (Å²) in [4.78, 5) is 17.1. The van der Waals surface area contributed by atoms with Crippen LogP contribution in [0.5, 0.6) is 0 Å².